The highest BCUT2D eigenvalue weighted by molar-refractivity contribution is 7.98. The number of hydrogen-bond acceptors (Lipinski definition) is 5. The number of thiophene rings is 2. The van der Waals surface area contributed by atoms with Gasteiger partial charge < -0.3 is 4.42 Å². The molecular formula is C14H10O2S3. The van der Waals surface area contributed by atoms with Crippen LogP contribution in [0.4, 0.5) is 0 Å². The van der Waals surface area contributed by atoms with Gasteiger partial charge in [-0.25, -0.2) is 0 Å². The fourth-order valence-electron chi connectivity index (χ4n) is 1.74. The first-order valence-corrected chi connectivity index (χ1v) is 8.58. The summed E-state index contributed by atoms with van der Waals surface area (Å²) in [6, 6.07) is 9.61. The molecule has 0 bridgehead atoms. The van der Waals surface area contributed by atoms with Crippen LogP contribution in [0.1, 0.15) is 15.4 Å². The van der Waals surface area contributed by atoms with Crippen LogP contribution in [0.3, 0.4) is 0 Å². The molecule has 0 unspecified atom stereocenters. The topological polar surface area (TPSA) is 30.2 Å². The molecule has 0 N–H and O–H groups in total. The molecule has 0 aliphatic heterocycles. The molecule has 0 radical (unpaired) electrons. The molecule has 2 nitrogen and oxygen atoms in total. The maximum Gasteiger partial charge on any atom is 0.239 e. The zero-order valence-electron chi connectivity index (χ0n) is 10.1. The lowest BCUT2D eigenvalue weighted by Crippen LogP contribution is -1.97. The third-order valence-electron chi connectivity index (χ3n) is 2.63. The summed E-state index contributed by atoms with van der Waals surface area (Å²) in [5.74, 6) is 1.17. The highest BCUT2D eigenvalue weighted by Gasteiger charge is 2.21. The molecule has 0 atom stereocenters. The predicted molar refractivity (Wildman–Crippen MR) is 81.6 cm³/mol. The fourth-order valence-corrected chi connectivity index (χ4v) is 3.63. The molecule has 0 amide bonds. The third-order valence-corrected chi connectivity index (χ3v) is 5.13. The van der Waals surface area contributed by atoms with Crippen LogP contribution in [-0.4, -0.2) is 12.0 Å². The zero-order valence-corrected chi connectivity index (χ0v) is 12.5. The number of furan rings is 1. The first-order valence-electron chi connectivity index (χ1n) is 5.59. The van der Waals surface area contributed by atoms with Crippen LogP contribution in [0, 0.1) is 0 Å². The number of hydrogen-bond donors (Lipinski definition) is 0. The molecule has 3 aromatic rings. The first kappa shape index (κ1) is 12.7. The lowest BCUT2D eigenvalue weighted by Gasteiger charge is -1.96. The molecule has 5 heteroatoms. The van der Waals surface area contributed by atoms with E-state index in [4.69, 9.17) is 4.42 Å². The van der Waals surface area contributed by atoms with Crippen LogP contribution in [0.25, 0.3) is 10.6 Å². The Bertz CT molecular complexity index is 678. The molecule has 0 saturated heterocycles. The molecule has 0 fully saturated rings. The number of carbonyl (C=O) groups excluding carboxylic acids is 1. The zero-order chi connectivity index (χ0) is 13.2. The molecule has 96 valence electrons. The monoisotopic (exact) mass is 306 g/mol. The van der Waals surface area contributed by atoms with E-state index >= 15 is 0 Å². The van der Waals surface area contributed by atoms with Crippen molar-refractivity contribution in [1.82, 2.24) is 0 Å². The molecule has 3 aromatic heterocycles. The molecule has 0 aliphatic rings. The van der Waals surface area contributed by atoms with E-state index in [2.05, 4.69) is 0 Å². The second-order valence-electron chi connectivity index (χ2n) is 3.79. The van der Waals surface area contributed by atoms with Gasteiger partial charge in [0.15, 0.2) is 5.76 Å². The average molecular weight is 306 g/mol. The summed E-state index contributed by atoms with van der Waals surface area (Å²) < 4.78 is 5.78. The Morgan fingerprint density at radius 1 is 1.21 bits per heavy atom. The second kappa shape index (κ2) is 5.36. The number of thioether (sulfide) groups is 1. The van der Waals surface area contributed by atoms with Crippen molar-refractivity contribution in [2.24, 2.45) is 0 Å². The minimum absolute atomic E-state index is 0.0397. The van der Waals surface area contributed by atoms with Crippen LogP contribution < -0.4 is 0 Å². The van der Waals surface area contributed by atoms with Crippen molar-refractivity contribution < 1.29 is 9.21 Å². The minimum Gasteiger partial charge on any atom is -0.450 e. The van der Waals surface area contributed by atoms with Gasteiger partial charge in [-0.3, -0.25) is 4.79 Å². The molecular weight excluding hydrogens is 296 g/mol. The Morgan fingerprint density at radius 3 is 2.63 bits per heavy atom. The molecule has 19 heavy (non-hydrogen) atoms. The van der Waals surface area contributed by atoms with Crippen LogP contribution in [0.5, 0.6) is 0 Å². The lowest BCUT2D eigenvalue weighted by atomic mass is 10.2. The Kier molecular flexibility index (Phi) is 3.59. The van der Waals surface area contributed by atoms with Crippen molar-refractivity contribution in [3.8, 4) is 10.6 Å². The SMILES string of the molecule is CSc1cc(-c2cccs2)oc1C(=O)c1cccs1. The molecule has 0 aliphatic carbocycles. The minimum atomic E-state index is -0.0397. The van der Waals surface area contributed by atoms with Crippen LogP contribution in [0.2, 0.25) is 0 Å². The molecule has 3 heterocycles. The van der Waals surface area contributed by atoms with E-state index in [-0.39, 0.29) is 5.78 Å². The van der Waals surface area contributed by atoms with Gasteiger partial charge in [-0.05, 0) is 35.2 Å². The van der Waals surface area contributed by atoms with E-state index < -0.39 is 0 Å². The summed E-state index contributed by atoms with van der Waals surface area (Å²) in [5, 5.41) is 3.90. The summed E-state index contributed by atoms with van der Waals surface area (Å²) in [6.07, 6.45) is 1.95. The van der Waals surface area contributed by atoms with E-state index in [0.717, 1.165) is 15.5 Å². The van der Waals surface area contributed by atoms with Gasteiger partial charge in [-0.1, -0.05) is 12.1 Å². The van der Waals surface area contributed by atoms with Crippen LogP contribution >= 0.6 is 34.4 Å². The van der Waals surface area contributed by atoms with Crippen LogP contribution in [0.15, 0.2) is 50.4 Å². The van der Waals surface area contributed by atoms with Crippen molar-refractivity contribution in [3.63, 3.8) is 0 Å². The van der Waals surface area contributed by atoms with Gasteiger partial charge in [0.05, 0.1) is 14.6 Å². The van der Waals surface area contributed by atoms with Gasteiger partial charge >= 0.3 is 0 Å². The van der Waals surface area contributed by atoms with Crippen molar-refractivity contribution in [3.05, 3.63) is 51.7 Å². The largest absolute Gasteiger partial charge is 0.450 e. The van der Waals surface area contributed by atoms with Gasteiger partial charge in [-0.15, -0.1) is 34.4 Å². The molecule has 0 spiro atoms. The molecule has 3 rings (SSSR count). The molecule has 0 aromatic carbocycles. The van der Waals surface area contributed by atoms with E-state index in [1.165, 1.54) is 23.1 Å². The smallest absolute Gasteiger partial charge is 0.239 e. The van der Waals surface area contributed by atoms with Gasteiger partial charge in [0.25, 0.3) is 0 Å². The van der Waals surface area contributed by atoms with E-state index in [0.29, 0.717) is 10.6 Å². The summed E-state index contributed by atoms with van der Waals surface area (Å²) in [5.41, 5.74) is 0. The Hall–Kier alpha value is -1.30. The predicted octanol–water partition coefficient (Wildman–Crippen LogP) is 5.02. The third kappa shape index (κ3) is 2.41. The summed E-state index contributed by atoms with van der Waals surface area (Å²) in [7, 11) is 0. The normalized spacial score (nSPS) is 10.8. The van der Waals surface area contributed by atoms with E-state index in [1.54, 1.807) is 11.3 Å². The number of ketones is 1. The Morgan fingerprint density at radius 2 is 2.00 bits per heavy atom. The lowest BCUT2D eigenvalue weighted by molar-refractivity contribution is 0.101. The second-order valence-corrected chi connectivity index (χ2v) is 6.54. The van der Waals surface area contributed by atoms with Gasteiger partial charge in [0, 0.05) is 0 Å². The average Bonchev–Trinajstić information content (AvgIpc) is 3.16. The number of rotatable bonds is 4. The summed E-state index contributed by atoms with van der Waals surface area (Å²) in [4.78, 5) is 15.0. The summed E-state index contributed by atoms with van der Waals surface area (Å²) in [6.45, 7) is 0. The first-order chi connectivity index (χ1) is 9.29. The van der Waals surface area contributed by atoms with Crippen molar-refractivity contribution in [2.75, 3.05) is 6.26 Å². The van der Waals surface area contributed by atoms with Gasteiger partial charge in [-0.2, -0.15) is 0 Å². The summed E-state index contributed by atoms with van der Waals surface area (Å²) >= 11 is 4.58. The highest BCUT2D eigenvalue weighted by atomic mass is 32.2. The molecule has 0 saturated carbocycles. The van der Waals surface area contributed by atoms with Gasteiger partial charge in [0.1, 0.15) is 5.76 Å². The van der Waals surface area contributed by atoms with Crippen LogP contribution in [-0.2, 0) is 0 Å². The maximum absolute atomic E-state index is 12.4. The Balaban J connectivity index is 2.04. The quantitative estimate of drug-likeness (QED) is 0.500. The standard InChI is InChI=1S/C14H10O2S3/c1-17-12-8-9(10-4-2-6-18-10)16-14(12)13(15)11-5-3-7-19-11/h2-8H,1H3. The van der Waals surface area contributed by atoms with Crippen molar-refractivity contribution in [1.29, 1.82) is 0 Å². The number of carbonyl (C=O) groups is 1. The Labute approximate surface area is 123 Å². The van der Waals surface area contributed by atoms with Gasteiger partial charge in [0.2, 0.25) is 5.78 Å². The van der Waals surface area contributed by atoms with E-state index in [1.807, 2.05) is 47.3 Å². The highest BCUT2D eigenvalue weighted by Crippen LogP contribution is 2.34. The van der Waals surface area contributed by atoms with E-state index in [9.17, 15) is 4.79 Å². The van der Waals surface area contributed by atoms with Crippen molar-refractivity contribution in [2.45, 2.75) is 4.90 Å². The maximum atomic E-state index is 12.4. The van der Waals surface area contributed by atoms with Crippen molar-refractivity contribution >= 4 is 40.2 Å². The fraction of sp³-hybridized carbons (Fsp3) is 0.0714.